The summed E-state index contributed by atoms with van der Waals surface area (Å²) in [6.07, 6.45) is -6.14. The Morgan fingerprint density at radius 3 is 2.11 bits per heavy atom. The van der Waals surface area contributed by atoms with E-state index in [1.807, 2.05) is 0 Å². The van der Waals surface area contributed by atoms with E-state index in [1.165, 1.54) is 18.5 Å². The van der Waals surface area contributed by atoms with E-state index in [2.05, 4.69) is 24.9 Å². The molecule has 15 heteroatoms. The number of pyridine rings is 2. The van der Waals surface area contributed by atoms with Crippen LogP contribution in [0.2, 0.25) is 0 Å². The molecule has 0 unspecified atom stereocenters. The first-order valence-corrected chi connectivity index (χ1v) is 11.4. The SMILES string of the molecule is CCS(=O)(=O)c1cc(-c2ncc(C(F)(F)F)cn2)cnc1-c1nc2cc(C(F)(F)F)ncc2n1C. The summed E-state index contributed by atoms with van der Waals surface area (Å²) in [5.74, 6) is -0.607. The second-order valence-electron chi connectivity index (χ2n) is 7.32. The van der Waals surface area contributed by atoms with E-state index in [9.17, 15) is 34.8 Å². The van der Waals surface area contributed by atoms with E-state index in [0.29, 0.717) is 12.4 Å². The van der Waals surface area contributed by atoms with Crippen molar-refractivity contribution in [2.75, 3.05) is 5.75 Å². The molecule has 4 rings (SSSR count). The van der Waals surface area contributed by atoms with Crippen molar-refractivity contribution in [2.24, 2.45) is 7.05 Å². The predicted octanol–water partition coefficient (Wildman–Crippen LogP) is 4.32. The van der Waals surface area contributed by atoms with Crippen LogP contribution in [0.4, 0.5) is 26.3 Å². The lowest BCUT2D eigenvalue weighted by Gasteiger charge is -2.11. The van der Waals surface area contributed by atoms with E-state index < -0.39 is 33.4 Å². The lowest BCUT2D eigenvalue weighted by atomic mass is 10.2. The lowest BCUT2D eigenvalue weighted by molar-refractivity contribution is -0.141. The summed E-state index contributed by atoms with van der Waals surface area (Å²) < 4.78 is 105. The van der Waals surface area contributed by atoms with Crippen LogP contribution >= 0.6 is 0 Å². The van der Waals surface area contributed by atoms with Gasteiger partial charge in [-0.05, 0) is 12.1 Å². The van der Waals surface area contributed by atoms with Crippen LogP contribution in [0.15, 0.2) is 41.8 Å². The molecule has 0 aliphatic heterocycles. The molecule has 0 amide bonds. The Labute approximate surface area is 193 Å². The smallest absolute Gasteiger partial charge is 0.324 e. The minimum atomic E-state index is -4.70. The Hall–Kier alpha value is -3.62. The van der Waals surface area contributed by atoms with Crippen molar-refractivity contribution in [3.05, 3.63) is 48.2 Å². The van der Waals surface area contributed by atoms with Gasteiger partial charge in [0.1, 0.15) is 11.4 Å². The number of fused-ring (bicyclic) bond motifs is 1. The maximum Gasteiger partial charge on any atom is 0.433 e. The van der Waals surface area contributed by atoms with Gasteiger partial charge in [-0.15, -0.1) is 0 Å². The van der Waals surface area contributed by atoms with Gasteiger partial charge < -0.3 is 4.57 Å². The molecule has 0 radical (unpaired) electrons. The third-order valence-electron chi connectivity index (χ3n) is 5.07. The van der Waals surface area contributed by atoms with E-state index in [1.54, 1.807) is 0 Å². The van der Waals surface area contributed by atoms with Gasteiger partial charge in [0.15, 0.2) is 21.5 Å². The first kappa shape index (κ1) is 24.5. The fraction of sp³-hybridized carbons (Fsp3) is 0.250. The van der Waals surface area contributed by atoms with Gasteiger partial charge in [-0.1, -0.05) is 6.92 Å². The van der Waals surface area contributed by atoms with Gasteiger partial charge in [0.05, 0.1) is 33.4 Å². The van der Waals surface area contributed by atoms with Gasteiger partial charge in [-0.3, -0.25) is 4.98 Å². The van der Waals surface area contributed by atoms with Gasteiger partial charge in [0.2, 0.25) is 0 Å². The molecular weight excluding hydrogens is 502 g/mol. The van der Waals surface area contributed by atoms with Crippen molar-refractivity contribution in [3.8, 4) is 22.9 Å². The largest absolute Gasteiger partial charge is 0.433 e. The molecule has 0 saturated heterocycles. The van der Waals surface area contributed by atoms with Crippen molar-refractivity contribution < 1.29 is 34.8 Å². The predicted molar refractivity (Wildman–Crippen MR) is 110 cm³/mol. The van der Waals surface area contributed by atoms with Crippen LogP contribution in [0.1, 0.15) is 18.2 Å². The minimum Gasteiger partial charge on any atom is -0.324 e. The molecule has 0 spiro atoms. The summed E-state index contributed by atoms with van der Waals surface area (Å²) in [5, 5.41) is 0. The molecule has 0 bridgehead atoms. The van der Waals surface area contributed by atoms with Crippen molar-refractivity contribution in [3.63, 3.8) is 0 Å². The van der Waals surface area contributed by atoms with Gasteiger partial charge in [0, 0.05) is 31.2 Å². The molecule has 0 aromatic carbocycles. The second kappa shape index (κ2) is 8.25. The zero-order chi connectivity index (χ0) is 25.8. The van der Waals surface area contributed by atoms with Crippen LogP contribution in [0.5, 0.6) is 0 Å². The molecule has 35 heavy (non-hydrogen) atoms. The summed E-state index contributed by atoms with van der Waals surface area (Å²) >= 11 is 0. The third-order valence-corrected chi connectivity index (χ3v) is 6.82. The second-order valence-corrected chi connectivity index (χ2v) is 9.56. The van der Waals surface area contributed by atoms with Crippen LogP contribution in [0.3, 0.4) is 0 Å². The van der Waals surface area contributed by atoms with Gasteiger partial charge >= 0.3 is 12.4 Å². The van der Waals surface area contributed by atoms with Crippen molar-refractivity contribution in [1.82, 2.24) is 29.5 Å². The lowest BCUT2D eigenvalue weighted by Crippen LogP contribution is -2.10. The third kappa shape index (κ3) is 4.54. The zero-order valence-electron chi connectivity index (χ0n) is 17.8. The van der Waals surface area contributed by atoms with Crippen molar-refractivity contribution >= 4 is 20.9 Å². The van der Waals surface area contributed by atoms with Crippen molar-refractivity contribution in [2.45, 2.75) is 24.2 Å². The molecule has 0 saturated carbocycles. The summed E-state index contributed by atoms with van der Waals surface area (Å²) in [7, 11) is -2.52. The minimum absolute atomic E-state index is 0.0225. The number of hydrogen-bond donors (Lipinski definition) is 0. The highest BCUT2D eigenvalue weighted by Crippen LogP contribution is 2.34. The standard InChI is InChI=1S/C20H14F6N6O2S/c1-3-35(33,34)14-4-10(17-29-7-11(8-30-17)19(21,22)23)6-28-16(14)18-31-12-5-15(20(24,25)26)27-9-13(12)32(18)2/h4-9H,3H2,1-2H3. The first-order chi connectivity index (χ1) is 16.2. The molecular formula is C20H14F6N6O2S. The number of aryl methyl sites for hydroxylation is 1. The van der Waals surface area contributed by atoms with Crippen molar-refractivity contribution in [1.29, 1.82) is 0 Å². The van der Waals surface area contributed by atoms with E-state index in [-0.39, 0.29) is 44.6 Å². The number of hydrogen-bond acceptors (Lipinski definition) is 7. The molecule has 0 atom stereocenters. The summed E-state index contributed by atoms with van der Waals surface area (Å²) in [6, 6.07) is 1.87. The Kier molecular flexibility index (Phi) is 5.78. The molecule has 4 heterocycles. The molecule has 4 aromatic heterocycles. The van der Waals surface area contributed by atoms with Gasteiger partial charge in [0.25, 0.3) is 0 Å². The quantitative estimate of drug-likeness (QED) is 0.372. The number of halogens is 6. The van der Waals surface area contributed by atoms with Crippen LogP contribution in [0.25, 0.3) is 33.9 Å². The Morgan fingerprint density at radius 2 is 1.54 bits per heavy atom. The Balaban J connectivity index is 1.88. The topological polar surface area (TPSA) is 104 Å². The molecule has 0 aliphatic rings. The number of sulfone groups is 1. The highest BCUT2D eigenvalue weighted by atomic mass is 32.2. The number of alkyl halides is 6. The number of rotatable bonds is 4. The fourth-order valence-corrected chi connectivity index (χ4v) is 4.26. The monoisotopic (exact) mass is 516 g/mol. The molecule has 0 fully saturated rings. The molecule has 0 N–H and O–H groups in total. The van der Waals surface area contributed by atoms with Gasteiger partial charge in [-0.2, -0.15) is 26.3 Å². The number of aromatic nitrogens is 6. The molecule has 8 nitrogen and oxygen atoms in total. The van der Waals surface area contributed by atoms with E-state index in [4.69, 9.17) is 0 Å². The van der Waals surface area contributed by atoms with Crippen LogP contribution < -0.4 is 0 Å². The number of nitrogens with zero attached hydrogens (tertiary/aromatic N) is 6. The Bertz CT molecular complexity index is 1530. The average Bonchev–Trinajstić information content (AvgIpc) is 3.13. The van der Waals surface area contributed by atoms with E-state index >= 15 is 0 Å². The van der Waals surface area contributed by atoms with Crippen LogP contribution in [-0.4, -0.2) is 43.7 Å². The molecule has 184 valence electrons. The highest BCUT2D eigenvalue weighted by molar-refractivity contribution is 7.91. The highest BCUT2D eigenvalue weighted by Gasteiger charge is 2.34. The molecule has 0 aliphatic carbocycles. The van der Waals surface area contributed by atoms with Crippen LogP contribution in [-0.2, 0) is 29.2 Å². The summed E-state index contributed by atoms with van der Waals surface area (Å²) in [6.45, 7) is 1.37. The average molecular weight is 516 g/mol. The maximum atomic E-state index is 13.0. The van der Waals surface area contributed by atoms with Gasteiger partial charge in [-0.25, -0.2) is 28.4 Å². The maximum absolute atomic E-state index is 13.0. The first-order valence-electron chi connectivity index (χ1n) is 9.75. The summed E-state index contributed by atoms with van der Waals surface area (Å²) in [4.78, 5) is 18.6. The summed E-state index contributed by atoms with van der Waals surface area (Å²) in [5.41, 5.74) is -2.27. The van der Waals surface area contributed by atoms with E-state index in [0.717, 1.165) is 24.5 Å². The normalized spacial score (nSPS) is 12.9. The molecule has 4 aromatic rings. The Morgan fingerprint density at radius 1 is 0.886 bits per heavy atom. The van der Waals surface area contributed by atoms with Crippen LogP contribution in [0, 0.1) is 0 Å². The fourth-order valence-electron chi connectivity index (χ4n) is 3.21. The zero-order valence-corrected chi connectivity index (χ0v) is 18.7. The number of imidazole rings is 1.